The first-order valence-electron chi connectivity index (χ1n) is 9.99. The molecule has 31 heavy (non-hydrogen) atoms. The van der Waals surface area contributed by atoms with E-state index in [9.17, 15) is 9.59 Å². The highest BCUT2D eigenvalue weighted by molar-refractivity contribution is 6.05. The van der Waals surface area contributed by atoms with Crippen molar-refractivity contribution in [3.63, 3.8) is 0 Å². The number of benzene rings is 1. The Morgan fingerprint density at radius 1 is 1.16 bits per heavy atom. The molecule has 1 fully saturated rings. The maximum atomic E-state index is 12.7. The molecule has 1 amide bonds. The monoisotopic (exact) mass is 427 g/mol. The third-order valence-electron chi connectivity index (χ3n) is 4.76. The maximum Gasteiger partial charge on any atom is 0.302 e. The second-order valence-corrected chi connectivity index (χ2v) is 7.11. The van der Waals surface area contributed by atoms with Gasteiger partial charge in [0.05, 0.1) is 19.3 Å². The van der Waals surface area contributed by atoms with Crippen LogP contribution in [-0.2, 0) is 20.7 Å². The van der Waals surface area contributed by atoms with E-state index in [0.29, 0.717) is 56.2 Å². The van der Waals surface area contributed by atoms with E-state index in [1.165, 1.54) is 6.92 Å². The normalized spacial score (nSPS) is 14.6. The summed E-state index contributed by atoms with van der Waals surface area (Å²) in [4.78, 5) is 25.6. The lowest BCUT2D eigenvalue weighted by Gasteiger charge is -2.29. The van der Waals surface area contributed by atoms with Crippen molar-refractivity contribution in [1.29, 1.82) is 5.41 Å². The van der Waals surface area contributed by atoms with Crippen LogP contribution >= 0.6 is 0 Å². The van der Waals surface area contributed by atoms with Crippen LogP contribution in [-0.4, -0.2) is 75.6 Å². The summed E-state index contributed by atoms with van der Waals surface area (Å²) in [6, 6.07) is 6.80. The van der Waals surface area contributed by atoms with Gasteiger partial charge in [0.25, 0.3) is 5.91 Å². The molecular weight excluding hydrogens is 402 g/mol. The van der Waals surface area contributed by atoms with Crippen LogP contribution in [0.25, 0.3) is 0 Å². The highest BCUT2D eigenvalue weighted by atomic mass is 16.5. The van der Waals surface area contributed by atoms with Crippen molar-refractivity contribution < 1.29 is 19.1 Å². The molecule has 11 heteroatoms. The Labute approximate surface area is 179 Å². The van der Waals surface area contributed by atoms with Crippen LogP contribution in [0.4, 0.5) is 5.82 Å². The lowest BCUT2D eigenvalue weighted by atomic mass is 10.1. The third kappa shape index (κ3) is 6.25. The number of nitrogens with zero attached hydrogens (tertiary/aromatic N) is 5. The van der Waals surface area contributed by atoms with Gasteiger partial charge in [0.2, 0.25) is 0 Å². The van der Waals surface area contributed by atoms with Gasteiger partial charge in [-0.05, 0) is 42.3 Å². The zero-order chi connectivity index (χ0) is 22.2. The van der Waals surface area contributed by atoms with Crippen LogP contribution in [0.3, 0.4) is 0 Å². The third-order valence-corrected chi connectivity index (χ3v) is 4.76. The van der Waals surface area contributed by atoms with Gasteiger partial charge in [0.15, 0.2) is 5.82 Å². The van der Waals surface area contributed by atoms with Crippen molar-refractivity contribution in [3.05, 3.63) is 41.1 Å². The fraction of sp³-hybridized carbons (Fsp3) is 0.450. The van der Waals surface area contributed by atoms with Gasteiger partial charge in [-0.3, -0.25) is 15.0 Å². The van der Waals surface area contributed by atoms with Gasteiger partial charge in [-0.25, -0.2) is 0 Å². The van der Waals surface area contributed by atoms with Crippen LogP contribution < -0.4 is 5.32 Å². The standard InChI is InChI=1S/C20H25N7O4/c1-13(31-14(2)28)3-8-17-19(24-26-25-23-17)22-20(29)16-6-4-15(5-7-16)18(21)27-9-11-30-12-10-27/h4-7,13,21H,3,8-12H2,1-2H3,(H,22,24,25,29). The summed E-state index contributed by atoms with van der Waals surface area (Å²) in [5.41, 5.74) is 1.59. The van der Waals surface area contributed by atoms with Gasteiger partial charge >= 0.3 is 5.97 Å². The van der Waals surface area contributed by atoms with E-state index < -0.39 is 0 Å². The summed E-state index contributed by atoms with van der Waals surface area (Å²) in [5.74, 6) is -0.116. The van der Waals surface area contributed by atoms with E-state index in [0.717, 1.165) is 5.56 Å². The molecule has 1 aromatic heterocycles. The second kappa shape index (κ2) is 10.5. The van der Waals surface area contributed by atoms with E-state index in [1.807, 2.05) is 4.90 Å². The summed E-state index contributed by atoms with van der Waals surface area (Å²) < 4.78 is 10.4. The summed E-state index contributed by atoms with van der Waals surface area (Å²) >= 11 is 0. The van der Waals surface area contributed by atoms with E-state index in [4.69, 9.17) is 14.9 Å². The van der Waals surface area contributed by atoms with E-state index in [1.54, 1.807) is 31.2 Å². The highest BCUT2D eigenvalue weighted by Gasteiger charge is 2.17. The number of morpholine rings is 1. The second-order valence-electron chi connectivity index (χ2n) is 7.11. The van der Waals surface area contributed by atoms with Crippen molar-refractivity contribution >= 4 is 23.5 Å². The van der Waals surface area contributed by atoms with Crippen LogP contribution in [0.15, 0.2) is 24.3 Å². The number of esters is 1. The quantitative estimate of drug-likeness (QED) is 0.376. The molecule has 1 saturated heterocycles. The lowest BCUT2D eigenvalue weighted by molar-refractivity contribution is -0.145. The molecule has 0 aliphatic carbocycles. The summed E-state index contributed by atoms with van der Waals surface area (Å²) in [7, 11) is 0. The minimum Gasteiger partial charge on any atom is -0.463 e. The first-order chi connectivity index (χ1) is 14.9. The number of ether oxygens (including phenoxy) is 2. The summed E-state index contributed by atoms with van der Waals surface area (Å²) in [5, 5.41) is 25.9. The van der Waals surface area contributed by atoms with Crippen LogP contribution in [0.1, 0.15) is 41.9 Å². The Morgan fingerprint density at radius 3 is 2.48 bits per heavy atom. The number of hydrogen-bond donors (Lipinski definition) is 2. The molecule has 2 aromatic rings. The number of hydrogen-bond acceptors (Lipinski definition) is 9. The van der Waals surface area contributed by atoms with Crippen molar-refractivity contribution in [2.45, 2.75) is 32.8 Å². The molecule has 164 valence electrons. The van der Waals surface area contributed by atoms with Crippen molar-refractivity contribution in [2.24, 2.45) is 0 Å². The zero-order valence-corrected chi connectivity index (χ0v) is 17.5. The topological polar surface area (TPSA) is 143 Å². The number of amides is 1. The Hall–Kier alpha value is -3.47. The molecule has 1 aliphatic rings. The lowest BCUT2D eigenvalue weighted by Crippen LogP contribution is -2.40. The number of aromatic nitrogens is 4. The van der Waals surface area contributed by atoms with Gasteiger partial charge in [-0.1, -0.05) is 12.1 Å². The first-order valence-corrected chi connectivity index (χ1v) is 9.99. The van der Waals surface area contributed by atoms with Crippen molar-refractivity contribution in [1.82, 2.24) is 25.5 Å². The molecule has 0 saturated carbocycles. The van der Waals surface area contributed by atoms with Gasteiger partial charge < -0.3 is 19.7 Å². The molecule has 1 unspecified atom stereocenters. The minimum absolute atomic E-state index is 0.208. The number of carbonyl (C=O) groups is 2. The summed E-state index contributed by atoms with van der Waals surface area (Å²) in [6.07, 6.45) is 0.606. The van der Waals surface area contributed by atoms with Crippen molar-refractivity contribution in [3.8, 4) is 0 Å². The summed E-state index contributed by atoms with van der Waals surface area (Å²) in [6.45, 7) is 5.68. The van der Waals surface area contributed by atoms with Crippen LogP contribution in [0.2, 0.25) is 0 Å². The molecule has 1 aliphatic heterocycles. The Kier molecular flexibility index (Phi) is 7.55. The predicted molar refractivity (Wildman–Crippen MR) is 111 cm³/mol. The fourth-order valence-electron chi connectivity index (χ4n) is 3.12. The number of anilines is 1. The number of rotatable bonds is 7. The number of nitrogens with one attached hydrogen (secondary N) is 2. The molecule has 0 radical (unpaired) electrons. The number of amidine groups is 1. The molecule has 1 atom stereocenters. The smallest absolute Gasteiger partial charge is 0.302 e. The van der Waals surface area contributed by atoms with Gasteiger partial charge in [-0.15, -0.1) is 10.2 Å². The molecule has 2 heterocycles. The predicted octanol–water partition coefficient (Wildman–Crippen LogP) is 1.06. The number of aryl methyl sites for hydroxylation is 1. The van der Waals surface area contributed by atoms with Gasteiger partial charge in [-0.2, -0.15) is 0 Å². The fourth-order valence-corrected chi connectivity index (χ4v) is 3.12. The average Bonchev–Trinajstić information content (AvgIpc) is 2.78. The molecular formula is C20H25N7O4. The Morgan fingerprint density at radius 2 is 1.81 bits per heavy atom. The molecule has 0 bridgehead atoms. The van der Waals surface area contributed by atoms with E-state index in [-0.39, 0.29) is 23.8 Å². The SMILES string of the molecule is CC(=O)OC(C)CCc1nnnnc1NC(=O)c1ccc(C(=N)N2CCOCC2)cc1. The maximum absolute atomic E-state index is 12.7. The van der Waals surface area contributed by atoms with Crippen LogP contribution in [0, 0.1) is 5.41 Å². The zero-order valence-electron chi connectivity index (χ0n) is 17.5. The first kappa shape index (κ1) is 22.2. The molecule has 2 N–H and O–H groups in total. The Balaban J connectivity index is 1.62. The molecule has 11 nitrogen and oxygen atoms in total. The van der Waals surface area contributed by atoms with Crippen molar-refractivity contribution in [2.75, 3.05) is 31.6 Å². The number of carbonyl (C=O) groups excluding carboxylic acids is 2. The molecule has 0 spiro atoms. The molecule has 1 aromatic carbocycles. The van der Waals surface area contributed by atoms with E-state index in [2.05, 4.69) is 25.9 Å². The van der Waals surface area contributed by atoms with Crippen LogP contribution in [0.5, 0.6) is 0 Å². The van der Waals surface area contributed by atoms with Gasteiger partial charge in [0, 0.05) is 31.1 Å². The van der Waals surface area contributed by atoms with E-state index >= 15 is 0 Å². The molecule has 3 rings (SSSR count). The largest absolute Gasteiger partial charge is 0.463 e. The highest BCUT2D eigenvalue weighted by Crippen LogP contribution is 2.15. The Bertz CT molecular complexity index is 929. The average molecular weight is 427 g/mol. The van der Waals surface area contributed by atoms with Gasteiger partial charge in [0.1, 0.15) is 11.5 Å². The minimum atomic E-state index is -0.374.